The average Bonchev–Trinajstić information content (AvgIpc) is 3.34. The molecule has 2 aliphatic carbocycles. The Kier molecular flexibility index (Phi) is 7.17. The molecule has 4 fully saturated rings. The fourth-order valence-electron chi connectivity index (χ4n) is 8.01. The van der Waals surface area contributed by atoms with Crippen LogP contribution < -0.4 is 0 Å². The molecule has 0 amide bonds. The molecule has 3 saturated heterocycles. The van der Waals surface area contributed by atoms with Crippen molar-refractivity contribution < 1.29 is 53.3 Å². The number of fused-ring (bicyclic) bond motifs is 3. The molecule has 222 valence electrons. The number of allylic oxidation sites excluding steroid dienone is 1. The van der Waals surface area contributed by atoms with E-state index in [1.54, 1.807) is 13.8 Å². The molecule has 13 atom stereocenters. The van der Waals surface area contributed by atoms with Crippen molar-refractivity contribution in [3.05, 3.63) is 23.3 Å². The molecule has 0 aromatic rings. The number of hydrogen-bond donors (Lipinski definition) is 3. The number of hydrogen-bond acceptors (Lipinski definition) is 11. The van der Waals surface area contributed by atoms with Crippen molar-refractivity contribution >= 4 is 11.9 Å². The van der Waals surface area contributed by atoms with Crippen LogP contribution >= 0.6 is 0 Å². The lowest BCUT2D eigenvalue weighted by Crippen LogP contribution is -2.59. The second kappa shape index (κ2) is 10.1. The van der Waals surface area contributed by atoms with Gasteiger partial charge in [0.1, 0.15) is 24.4 Å². The van der Waals surface area contributed by atoms with Crippen LogP contribution in [0.5, 0.6) is 0 Å². The molecule has 11 nitrogen and oxygen atoms in total. The first-order valence-corrected chi connectivity index (χ1v) is 14.3. The Morgan fingerprint density at radius 1 is 1.10 bits per heavy atom. The Morgan fingerprint density at radius 2 is 1.88 bits per heavy atom. The van der Waals surface area contributed by atoms with Crippen LogP contribution in [0.4, 0.5) is 0 Å². The lowest BCUT2D eigenvalue weighted by molar-refractivity contribution is -0.309. The Balaban J connectivity index is 1.25. The summed E-state index contributed by atoms with van der Waals surface area (Å²) in [7, 11) is 1.43. The predicted molar refractivity (Wildman–Crippen MR) is 136 cm³/mol. The molecule has 11 heteroatoms. The first-order valence-electron chi connectivity index (χ1n) is 14.3. The number of aliphatic hydroxyl groups excluding tert-OH is 3. The summed E-state index contributed by atoms with van der Waals surface area (Å²) in [5.74, 6) is -3.03. The van der Waals surface area contributed by atoms with E-state index in [0.717, 1.165) is 5.57 Å². The molecule has 0 bridgehead atoms. The third kappa shape index (κ3) is 4.45. The van der Waals surface area contributed by atoms with E-state index in [0.29, 0.717) is 31.3 Å². The molecular formula is C29H40O11. The summed E-state index contributed by atoms with van der Waals surface area (Å²) in [5, 5.41) is 32.3. The summed E-state index contributed by atoms with van der Waals surface area (Å²) in [6.45, 7) is 5.71. The third-order valence-corrected chi connectivity index (χ3v) is 10.3. The number of methoxy groups -OCH3 is 1. The summed E-state index contributed by atoms with van der Waals surface area (Å²) in [4.78, 5) is 25.9. The van der Waals surface area contributed by atoms with E-state index >= 15 is 0 Å². The summed E-state index contributed by atoms with van der Waals surface area (Å²) < 4.78 is 34.4. The van der Waals surface area contributed by atoms with Crippen molar-refractivity contribution in [2.24, 2.45) is 23.2 Å². The highest BCUT2D eigenvalue weighted by Gasteiger charge is 2.61. The highest BCUT2D eigenvalue weighted by molar-refractivity contribution is 5.92. The fraction of sp³-hybridized carbons (Fsp3) is 0.793. The van der Waals surface area contributed by atoms with Crippen LogP contribution in [-0.2, 0) is 38.0 Å². The van der Waals surface area contributed by atoms with Crippen molar-refractivity contribution in [2.45, 2.75) is 108 Å². The zero-order chi connectivity index (χ0) is 28.6. The van der Waals surface area contributed by atoms with Crippen LogP contribution in [0, 0.1) is 23.2 Å². The van der Waals surface area contributed by atoms with Gasteiger partial charge < -0.3 is 43.7 Å². The van der Waals surface area contributed by atoms with Crippen molar-refractivity contribution in [3.8, 4) is 0 Å². The quantitative estimate of drug-likeness (QED) is 0.334. The largest absolute Gasteiger partial charge is 0.459 e. The van der Waals surface area contributed by atoms with E-state index in [-0.39, 0.29) is 36.4 Å². The number of ether oxygens (including phenoxy) is 6. The Hall–Kier alpha value is -1.86. The Morgan fingerprint density at radius 3 is 2.62 bits per heavy atom. The van der Waals surface area contributed by atoms with Crippen LogP contribution in [0.3, 0.4) is 0 Å². The molecular weight excluding hydrogens is 524 g/mol. The smallest absolute Gasteiger partial charge is 0.336 e. The van der Waals surface area contributed by atoms with Crippen LogP contribution in [-0.4, -0.2) is 95.8 Å². The van der Waals surface area contributed by atoms with Crippen LogP contribution in [0.25, 0.3) is 0 Å². The van der Waals surface area contributed by atoms with E-state index in [4.69, 9.17) is 28.4 Å². The normalized spacial score (nSPS) is 51.8. The van der Waals surface area contributed by atoms with Gasteiger partial charge >= 0.3 is 11.9 Å². The number of esters is 2. The third-order valence-electron chi connectivity index (χ3n) is 10.3. The van der Waals surface area contributed by atoms with Crippen molar-refractivity contribution in [1.29, 1.82) is 0 Å². The zero-order valence-corrected chi connectivity index (χ0v) is 23.4. The minimum atomic E-state index is -1.16. The van der Waals surface area contributed by atoms with E-state index in [1.807, 2.05) is 12.2 Å². The average molecular weight is 565 g/mol. The molecule has 0 aromatic carbocycles. The molecule has 0 radical (unpaired) electrons. The first-order chi connectivity index (χ1) is 18.9. The number of rotatable bonds is 3. The molecule has 1 saturated carbocycles. The predicted octanol–water partition coefficient (Wildman–Crippen LogP) is 1.13. The van der Waals surface area contributed by atoms with Gasteiger partial charge in [-0.1, -0.05) is 24.6 Å². The topological polar surface area (TPSA) is 150 Å². The number of carbonyl (C=O) groups is 2. The molecule has 0 aromatic heterocycles. The van der Waals surface area contributed by atoms with Crippen molar-refractivity contribution in [1.82, 2.24) is 0 Å². The highest BCUT2D eigenvalue weighted by atomic mass is 16.7. The molecule has 4 aliphatic heterocycles. The minimum absolute atomic E-state index is 0.0593. The Bertz CT molecular complexity index is 1100. The van der Waals surface area contributed by atoms with Crippen LogP contribution in [0.2, 0.25) is 0 Å². The van der Waals surface area contributed by atoms with E-state index < -0.39 is 66.6 Å². The SMILES string of the molecule is CO[C@H]1[C@@H](O)[C@@H](O[C@H]2CC[C@@]3(C)C(=C[C@H](O)[C@H]4CC(=O)O[C@@H]5CO[C@]6(C)OC(=O)/C(=C\C[C@@H]43)[C@H]56)C2)O[C@H](C)[C@H]1O. The summed E-state index contributed by atoms with van der Waals surface area (Å²) >= 11 is 0. The van der Waals surface area contributed by atoms with E-state index in [9.17, 15) is 24.9 Å². The van der Waals surface area contributed by atoms with Gasteiger partial charge in [-0.25, -0.2) is 4.79 Å². The van der Waals surface area contributed by atoms with Gasteiger partial charge in [0, 0.05) is 25.5 Å². The van der Waals surface area contributed by atoms with Gasteiger partial charge in [-0.2, -0.15) is 0 Å². The highest BCUT2D eigenvalue weighted by Crippen LogP contribution is 2.56. The lowest BCUT2D eigenvalue weighted by Gasteiger charge is -2.52. The van der Waals surface area contributed by atoms with Crippen LogP contribution in [0.15, 0.2) is 23.3 Å². The summed E-state index contributed by atoms with van der Waals surface area (Å²) in [6.07, 6.45) is -0.0870. The van der Waals surface area contributed by atoms with Gasteiger partial charge in [-0.15, -0.1) is 0 Å². The molecule has 6 aliphatic rings. The van der Waals surface area contributed by atoms with Gasteiger partial charge in [0.25, 0.3) is 0 Å². The first kappa shape index (κ1) is 28.3. The zero-order valence-electron chi connectivity index (χ0n) is 23.4. The second-order valence-electron chi connectivity index (χ2n) is 12.6. The van der Waals surface area contributed by atoms with Crippen LogP contribution in [0.1, 0.15) is 52.9 Å². The lowest BCUT2D eigenvalue weighted by atomic mass is 9.54. The molecule has 6 rings (SSSR count). The van der Waals surface area contributed by atoms with Gasteiger partial charge in [0.2, 0.25) is 5.79 Å². The van der Waals surface area contributed by atoms with Gasteiger partial charge in [-0.05, 0) is 43.9 Å². The molecule has 0 spiro atoms. The monoisotopic (exact) mass is 564 g/mol. The van der Waals surface area contributed by atoms with E-state index in [1.165, 1.54) is 7.11 Å². The molecule has 0 unspecified atom stereocenters. The standard InChI is InChI=1S/C29H40O11/c1-13-23(32)25(35-4)24(33)27(37-13)38-15-7-8-28(2)14(9-15)10-19(30)17-11-21(31)39-20-12-36-29(3)22(20)16(26(34)40-29)5-6-18(17)28/h5,10,13,15,17-20,22-25,27,30,32-33H,6-9,11-12H2,1-4H3/b16-5-/t13-,15+,17+,18+,19+,20-,22-,23-,24-,25-,27-,28+,29-/m1/s1. The maximum atomic E-state index is 13.1. The number of aliphatic hydroxyl groups is 3. The molecule has 3 N–H and O–H groups in total. The van der Waals surface area contributed by atoms with Crippen molar-refractivity contribution in [2.75, 3.05) is 13.7 Å². The maximum Gasteiger partial charge on any atom is 0.336 e. The van der Waals surface area contributed by atoms with E-state index in [2.05, 4.69) is 6.92 Å². The molecule has 4 heterocycles. The fourth-order valence-corrected chi connectivity index (χ4v) is 8.01. The summed E-state index contributed by atoms with van der Waals surface area (Å²) in [5.41, 5.74) is 1.13. The van der Waals surface area contributed by atoms with Gasteiger partial charge in [-0.3, -0.25) is 4.79 Å². The van der Waals surface area contributed by atoms with Gasteiger partial charge in [0.05, 0.1) is 37.3 Å². The Labute approximate surface area is 233 Å². The van der Waals surface area contributed by atoms with Crippen molar-refractivity contribution in [3.63, 3.8) is 0 Å². The minimum Gasteiger partial charge on any atom is -0.459 e. The summed E-state index contributed by atoms with van der Waals surface area (Å²) in [6, 6.07) is 0. The number of carbonyl (C=O) groups excluding carboxylic acids is 2. The molecule has 40 heavy (non-hydrogen) atoms. The van der Waals surface area contributed by atoms with Gasteiger partial charge in [0.15, 0.2) is 6.29 Å². The maximum absolute atomic E-state index is 13.1. The second-order valence-corrected chi connectivity index (χ2v) is 12.6.